The normalized spacial score (nSPS) is 18.9. The first-order valence-corrected chi connectivity index (χ1v) is 3.92. The van der Waals surface area contributed by atoms with Crippen molar-refractivity contribution in [3.05, 3.63) is 0 Å². The number of hydrogen-bond donors (Lipinski definition) is 2. The van der Waals surface area contributed by atoms with Crippen molar-refractivity contribution in [1.82, 2.24) is 0 Å². The maximum absolute atomic E-state index is 10.5. The lowest BCUT2D eigenvalue weighted by Gasteiger charge is -2.22. The van der Waals surface area contributed by atoms with Crippen LogP contribution in [0, 0.1) is 5.92 Å². The van der Waals surface area contributed by atoms with E-state index in [9.17, 15) is 4.79 Å². The van der Waals surface area contributed by atoms with Crippen molar-refractivity contribution >= 4 is 5.97 Å². The summed E-state index contributed by atoms with van der Waals surface area (Å²) in [5.41, 5.74) is 4.48. The van der Waals surface area contributed by atoms with E-state index >= 15 is 0 Å². The first-order valence-electron chi connectivity index (χ1n) is 3.92. The summed E-state index contributed by atoms with van der Waals surface area (Å²) in [7, 11) is 0. The molecule has 0 heterocycles. The van der Waals surface area contributed by atoms with Crippen LogP contribution in [0.4, 0.5) is 0 Å². The highest BCUT2D eigenvalue weighted by Crippen LogP contribution is 2.16. The van der Waals surface area contributed by atoms with E-state index in [0.717, 1.165) is 6.42 Å². The molecule has 0 amide bonds. The van der Waals surface area contributed by atoms with Crippen LogP contribution < -0.4 is 5.73 Å². The molecule has 0 aliphatic carbocycles. The van der Waals surface area contributed by atoms with Gasteiger partial charge in [0.1, 0.15) is 5.54 Å². The van der Waals surface area contributed by atoms with Crippen molar-refractivity contribution in [1.29, 1.82) is 0 Å². The van der Waals surface area contributed by atoms with Crippen molar-refractivity contribution in [2.75, 3.05) is 0 Å². The Labute approximate surface area is 67.6 Å². The van der Waals surface area contributed by atoms with Crippen LogP contribution >= 0.6 is 0 Å². The van der Waals surface area contributed by atoms with Crippen LogP contribution in [0.5, 0.6) is 0 Å². The van der Waals surface area contributed by atoms with Crippen LogP contribution in [0.3, 0.4) is 0 Å². The Balaban J connectivity index is 4.01. The van der Waals surface area contributed by atoms with Crippen molar-refractivity contribution in [3.8, 4) is 0 Å². The summed E-state index contributed by atoms with van der Waals surface area (Å²) in [5.74, 6) is -0.543. The molecule has 0 aromatic carbocycles. The van der Waals surface area contributed by atoms with E-state index < -0.39 is 11.5 Å². The summed E-state index contributed by atoms with van der Waals surface area (Å²) in [5, 5.41) is 8.66. The largest absolute Gasteiger partial charge is 0.480 e. The third kappa shape index (κ3) is 3.37. The Bertz CT molecular complexity index is 143. The smallest absolute Gasteiger partial charge is 0.323 e. The quantitative estimate of drug-likeness (QED) is 0.648. The first kappa shape index (κ1) is 10.4. The fraction of sp³-hybridized carbons (Fsp3) is 0.875. The van der Waals surface area contributed by atoms with Crippen molar-refractivity contribution in [2.45, 2.75) is 39.2 Å². The zero-order valence-electron chi connectivity index (χ0n) is 7.42. The van der Waals surface area contributed by atoms with Crippen LogP contribution in [-0.2, 0) is 4.79 Å². The van der Waals surface area contributed by atoms with Gasteiger partial charge >= 0.3 is 5.97 Å². The number of carboxylic acid groups (broad SMARTS) is 1. The molecule has 3 N–H and O–H groups in total. The van der Waals surface area contributed by atoms with Gasteiger partial charge in [-0.2, -0.15) is 0 Å². The Morgan fingerprint density at radius 1 is 1.73 bits per heavy atom. The van der Waals surface area contributed by atoms with Crippen LogP contribution in [-0.4, -0.2) is 16.6 Å². The monoisotopic (exact) mass is 159 g/mol. The molecular formula is C8H17NO2. The Morgan fingerprint density at radius 3 is 2.45 bits per heavy atom. The number of carbonyl (C=O) groups is 1. The number of aliphatic carboxylic acids is 1. The maximum atomic E-state index is 10.5. The third-order valence-electron chi connectivity index (χ3n) is 1.96. The van der Waals surface area contributed by atoms with E-state index in [0.29, 0.717) is 12.3 Å². The molecule has 66 valence electrons. The lowest BCUT2D eigenvalue weighted by Crippen LogP contribution is -2.46. The van der Waals surface area contributed by atoms with Gasteiger partial charge in [0.15, 0.2) is 0 Å². The van der Waals surface area contributed by atoms with Crippen LogP contribution in [0.25, 0.3) is 0 Å². The highest BCUT2D eigenvalue weighted by atomic mass is 16.4. The highest BCUT2D eigenvalue weighted by Gasteiger charge is 2.28. The molecular weight excluding hydrogens is 142 g/mol. The minimum Gasteiger partial charge on any atom is -0.480 e. The minimum absolute atomic E-state index is 0.376. The molecule has 3 nitrogen and oxygen atoms in total. The molecule has 3 heteroatoms. The summed E-state index contributed by atoms with van der Waals surface area (Å²) >= 11 is 0. The second-order valence-electron chi connectivity index (χ2n) is 3.44. The molecule has 0 aromatic rings. The van der Waals surface area contributed by atoms with Gasteiger partial charge in [-0.1, -0.05) is 20.3 Å². The third-order valence-corrected chi connectivity index (χ3v) is 1.96. The molecule has 0 unspecified atom stereocenters. The number of carboxylic acids is 1. The van der Waals surface area contributed by atoms with Gasteiger partial charge in [0.25, 0.3) is 0 Å². The summed E-state index contributed by atoms with van der Waals surface area (Å²) in [6, 6.07) is 0. The van der Waals surface area contributed by atoms with Crippen molar-refractivity contribution < 1.29 is 9.90 Å². The molecule has 0 radical (unpaired) electrons. The lowest BCUT2D eigenvalue weighted by atomic mass is 9.90. The highest BCUT2D eigenvalue weighted by molar-refractivity contribution is 5.77. The van der Waals surface area contributed by atoms with E-state index in [-0.39, 0.29) is 0 Å². The maximum Gasteiger partial charge on any atom is 0.323 e. The summed E-state index contributed by atoms with van der Waals surface area (Å²) in [6.45, 7) is 5.60. The van der Waals surface area contributed by atoms with Crippen molar-refractivity contribution in [2.24, 2.45) is 11.7 Å². The van der Waals surface area contributed by atoms with E-state index in [1.807, 2.05) is 13.8 Å². The van der Waals surface area contributed by atoms with E-state index in [1.165, 1.54) is 0 Å². The van der Waals surface area contributed by atoms with E-state index in [2.05, 4.69) is 0 Å². The van der Waals surface area contributed by atoms with Crippen LogP contribution in [0.15, 0.2) is 0 Å². The second kappa shape index (κ2) is 3.72. The number of rotatable bonds is 4. The SMILES string of the molecule is CC[C@@H](C)C[C@@](C)(N)C(=O)O. The molecule has 0 rings (SSSR count). The fourth-order valence-corrected chi connectivity index (χ4v) is 0.956. The molecule has 2 atom stereocenters. The minimum atomic E-state index is -1.06. The predicted molar refractivity (Wildman–Crippen MR) is 44.3 cm³/mol. The Kier molecular flexibility index (Phi) is 3.52. The average Bonchev–Trinajstić information content (AvgIpc) is 1.86. The van der Waals surface area contributed by atoms with E-state index in [4.69, 9.17) is 10.8 Å². The van der Waals surface area contributed by atoms with Gasteiger partial charge in [-0.3, -0.25) is 4.79 Å². The Morgan fingerprint density at radius 2 is 2.18 bits per heavy atom. The molecule has 0 bridgehead atoms. The number of nitrogens with two attached hydrogens (primary N) is 1. The predicted octanol–water partition coefficient (Wildman–Crippen LogP) is 1.22. The molecule has 0 fully saturated rings. The second-order valence-corrected chi connectivity index (χ2v) is 3.44. The lowest BCUT2D eigenvalue weighted by molar-refractivity contribution is -0.143. The van der Waals surface area contributed by atoms with Crippen LogP contribution in [0.2, 0.25) is 0 Å². The molecule has 0 saturated heterocycles. The van der Waals surface area contributed by atoms with Gasteiger partial charge in [-0.25, -0.2) is 0 Å². The topological polar surface area (TPSA) is 63.3 Å². The fourth-order valence-electron chi connectivity index (χ4n) is 0.956. The van der Waals surface area contributed by atoms with Gasteiger partial charge in [0, 0.05) is 0 Å². The molecule has 0 aliphatic heterocycles. The molecule has 0 saturated carbocycles. The zero-order chi connectivity index (χ0) is 9.07. The van der Waals surface area contributed by atoms with Gasteiger partial charge in [-0.15, -0.1) is 0 Å². The van der Waals surface area contributed by atoms with E-state index in [1.54, 1.807) is 6.92 Å². The molecule has 0 spiro atoms. The number of hydrogen-bond acceptors (Lipinski definition) is 2. The zero-order valence-corrected chi connectivity index (χ0v) is 7.42. The Hall–Kier alpha value is -0.570. The molecule has 11 heavy (non-hydrogen) atoms. The molecule has 0 aromatic heterocycles. The van der Waals surface area contributed by atoms with Gasteiger partial charge < -0.3 is 10.8 Å². The standard InChI is InChI=1S/C8H17NO2/c1-4-6(2)5-8(3,9)7(10)11/h6H,4-5,9H2,1-3H3,(H,10,11)/t6-,8-/m1/s1. The van der Waals surface area contributed by atoms with Gasteiger partial charge in [0.05, 0.1) is 0 Å². The first-order chi connectivity index (χ1) is 4.90. The average molecular weight is 159 g/mol. The van der Waals surface area contributed by atoms with Crippen molar-refractivity contribution in [3.63, 3.8) is 0 Å². The molecule has 0 aliphatic rings. The van der Waals surface area contributed by atoms with Crippen LogP contribution in [0.1, 0.15) is 33.6 Å². The summed E-state index contributed by atoms with van der Waals surface area (Å²) in [6.07, 6.45) is 1.51. The summed E-state index contributed by atoms with van der Waals surface area (Å²) < 4.78 is 0. The summed E-state index contributed by atoms with van der Waals surface area (Å²) in [4.78, 5) is 10.5. The van der Waals surface area contributed by atoms with Gasteiger partial charge in [0.2, 0.25) is 0 Å². The van der Waals surface area contributed by atoms with Gasteiger partial charge in [-0.05, 0) is 19.3 Å².